The summed E-state index contributed by atoms with van der Waals surface area (Å²) in [5, 5.41) is 17.9. The third-order valence-corrected chi connectivity index (χ3v) is 1.78. The third kappa shape index (κ3) is 3.00. The van der Waals surface area contributed by atoms with Gasteiger partial charge in [-0.25, -0.2) is 4.79 Å². The molecule has 0 spiro atoms. The molecule has 0 aliphatic carbocycles. The van der Waals surface area contributed by atoms with Crippen molar-refractivity contribution in [3.8, 4) is 0 Å². The lowest BCUT2D eigenvalue weighted by Crippen LogP contribution is -2.57. The minimum Gasteiger partial charge on any atom is -0.476 e. The van der Waals surface area contributed by atoms with Crippen LogP contribution < -0.4 is 11.3 Å². The standard InChI is InChI=1S/C9H12N2O4/c10-11-9(14,8(12)13)15-6-7-4-2-1-3-5-7/h1-5,11,14H,6,10H2,(H,12,13)/t9-/m1/s1. The van der Waals surface area contributed by atoms with Gasteiger partial charge in [-0.2, -0.15) is 5.43 Å². The summed E-state index contributed by atoms with van der Waals surface area (Å²) in [4.78, 5) is 10.6. The summed E-state index contributed by atoms with van der Waals surface area (Å²) in [5.41, 5.74) is 2.41. The van der Waals surface area contributed by atoms with E-state index in [1.54, 1.807) is 29.7 Å². The van der Waals surface area contributed by atoms with Gasteiger partial charge in [-0.05, 0) is 5.56 Å². The minimum absolute atomic E-state index is 0.0617. The highest BCUT2D eigenvalue weighted by Crippen LogP contribution is 2.07. The van der Waals surface area contributed by atoms with Gasteiger partial charge in [0.15, 0.2) is 0 Å². The summed E-state index contributed by atoms with van der Waals surface area (Å²) in [6.07, 6.45) is 0. The lowest BCUT2D eigenvalue weighted by molar-refractivity contribution is -0.241. The topological polar surface area (TPSA) is 105 Å². The first-order valence-electron chi connectivity index (χ1n) is 4.20. The van der Waals surface area contributed by atoms with Gasteiger partial charge in [0.1, 0.15) is 0 Å². The predicted octanol–water partition coefficient (Wildman–Crippen LogP) is -0.603. The van der Waals surface area contributed by atoms with Crippen molar-refractivity contribution in [3.63, 3.8) is 0 Å². The van der Waals surface area contributed by atoms with E-state index in [1.165, 1.54) is 0 Å². The first-order valence-corrected chi connectivity index (χ1v) is 4.20. The van der Waals surface area contributed by atoms with E-state index < -0.39 is 11.9 Å². The molecule has 0 saturated carbocycles. The number of carboxylic acids is 1. The molecule has 0 aromatic heterocycles. The van der Waals surface area contributed by atoms with Gasteiger partial charge in [0.2, 0.25) is 0 Å². The molecule has 15 heavy (non-hydrogen) atoms. The molecular weight excluding hydrogens is 200 g/mol. The largest absolute Gasteiger partial charge is 0.476 e. The second-order valence-electron chi connectivity index (χ2n) is 2.87. The number of hydrogen-bond acceptors (Lipinski definition) is 5. The molecule has 5 N–H and O–H groups in total. The van der Waals surface area contributed by atoms with Crippen LogP contribution in [0.5, 0.6) is 0 Å². The number of hydrogen-bond donors (Lipinski definition) is 4. The van der Waals surface area contributed by atoms with Crippen molar-refractivity contribution in [1.82, 2.24) is 5.43 Å². The number of nitrogens with one attached hydrogen (secondary N) is 1. The molecule has 0 radical (unpaired) electrons. The number of benzene rings is 1. The van der Waals surface area contributed by atoms with E-state index in [-0.39, 0.29) is 6.61 Å². The number of ether oxygens (including phenoxy) is 1. The maximum Gasteiger partial charge on any atom is 0.382 e. The normalized spacial score (nSPS) is 14.5. The van der Waals surface area contributed by atoms with Crippen LogP contribution >= 0.6 is 0 Å². The van der Waals surface area contributed by atoms with Gasteiger partial charge in [0, 0.05) is 0 Å². The maximum atomic E-state index is 10.6. The number of carbonyl (C=O) groups is 1. The molecule has 6 nitrogen and oxygen atoms in total. The Hall–Kier alpha value is -1.47. The number of nitrogens with two attached hydrogens (primary N) is 1. The van der Waals surface area contributed by atoms with Gasteiger partial charge in [-0.3, -0.25) is 5.84 Å². The second-order valence-corrected chi connectivity index (χ2v) is 2.87. The van der Waals surface area contributed by atoms with E-state index in [0.29, 0.717) is 0 Å². The molecule has 0 unspecified atom stereocenters. The van der Waals surface area contributed by atoms with E-state index in [0.717, 1.165) is 5.56 Å². The van der Waals surface area contributed by atoms with Gasteiger partial charge in [0.05, 0.1) is 6.61 Å². The molecule has 1 atom stereocenters. The summed E-state index contributed by atoms with van der Waals surface area (Å²) in [7, 11) is 0. The van der Waals surface area contributed by atoms with Crippen molar-refractivity contribution in [2.24, 2.45) is 5.84 Å². The number of aliphatic hydroxyl groups is 1. The zero-order valence-electron chi connectivity index (χ0n) is 7.88. The zero-order valence-corrected chi connectivity index (χ0v) is 7.88. The summed E-state index contributed by atoms with van der Waals surface area (Å²) in [5.74, 6) is 0.710. The summed E-state index contributed by atoms with van der Waals surface area (Å²) in [6, 6.07) is 8.83. The second kappa shape index (κ2) is 4.85. The number of carboxylic acid groups (broad SMARTS) is 1. The summed E-state index contributed by atoms with van der Waals surface area (Å²) in [6.45, 7) is -0.0617. The van der Waals surface area contributed by atoms with Crippen LogP contribution in [-0.2, 0) is 16.1 Å². The van der Waals surface area contributed by atoms with Crippen molar-refractivity contribution < 1.29 is 19.7 Å². The number of rotatable bonds is 5. The van der Waals surface area contributed by atoms with Crippen LogP contribution in [0, 0.1) is 0 Å². The molecule has 0 saturated heterocycles. The lowest BCUT2D eigenvalue weighted by Gasteiger charge is -2.21. The smallest absolute Gasteiger partial charge is 0.382 e. The van der Waals surface area contributed by atoms with Gasteiger partial charge in [-0.15, -0.1) is 0 Å². The Labute approximate surface area is 86.2 Å². The average Bonchev–Trinajstić information content (AvgIpc) is 2.27. The van der Waals surface area contributed by atoms with Crippen LogP contribution in [0.1, 0.15) is 5.56 Å². The molecule has 0 amide bonds. The third-order valence-electron chi connectivity index (χ3n) is 1.78. The Morgan fingerprint density at radius 2 is 2.07 bits per heavy atom. The molecule has 0 bridgehead atoms. The Bertz CT molecular complexity index is 330. The quantitative estimate of drug-likeness (QED) is 0.295. The molecule has 0 aliphatic heterocycles. The van der Waals surface area contributed by atoms with Crippen molar-refractivity contribution >= 4 is 5.97 Å². The Morgan fingerprint density at radius 3 is 2.53 bits per heavy atom. The Morgan fingerprint density at radius 1 is 1.47 bits per heavy atom. The summed E-state index contributed by atoms with van der Waals surface area (Å²) >= 11 is 0. The van der Waals surface area contributed by atoms with E-state index in [4.69, 9.17) is 15.7 Å². The molecule has 0 heterocycles. The zero-order chi connectivity index (χ0) is 11.3. The Balaban J connectivity index is 2.59. The lowest BCUT2D eigenvalue weighted by atomic mass is 10.2. The maximum absolute atomic E-state index is 10.6. The van der Waals surface area contributed by atoms with Crippen LogP contribution in [0.15, 0.2) is 30.3 Å². The van der Waals surface area contributed by atoms with Crippen LogP contribution in [0.3, 0.4) is 0 Å². The van der Waals surface area contributed by atoms with Crippen LogP contribution in [0.4, 0.5) is 0 Å². The van der Waals surface area contributed by atoms with Crippen LogP contribution in [-0.4, -0.2) is 22.1 Å². The van der Waals surface area contributed by atoms with Gasteiger partial charge in [-0.1, -0.05) is 30.3 Å². The van der Waals surface area contributed by atoms with Crippen LogP contribution in [0.25, 0.3) is 0 Å². The minimum atomic E-state index is -2.56. The van der Waals surface area contributed by atoms with Crippen molar-refractivity contribution in [1.29, 1.82) is 0 Å². The average molecular weight is 212 g/mol. The molecule has 1 aromatic carbocycles. The van der Waals surface area contributed by atoms with Gasteiger partial charge >= 0.3 is 11.9 Å². The SMILES string of the molecule is NN[C@](O)(OCc1ccccc1)C(=O)O. The molecule has 0 fully saturated rings. The highest BCUT2D eigenvalue weighted by atomic mass is 16.7. The molecule has 82 valence electrons. The predicted molar refractivity (Wildman–Crippen MR) is 51.1 cm³/mol. The number of aliphatic carboxylic acids is 1. The molecule has 1 rings (SSSR count). The highest BCUT2D eigenvalue weighted by Gasteiger charge is 2.36. The fourth-order valence-electron chi connectivity index (χ4n) is 0.927. The van der Waals surface area contributed by atoms with E-state index in [9.17, 15) is 9.90 Å². The van der Waals surface area contributed by atoms with Gasteiger partial charge < -0.3 is 14.9 Å². The van der Waals surface area contributed by atoms with E-state index in [2.05, 4.69) is 0 Å². The molecule has 1 aromatic rings. The van der Waals surface area contributed by atoms with E-state index in [1.807, 2.05) is 6.07 Å². The van der Waals surface area contributed by atoms with E-state index >= 15 is 0 Å². The van der Waals surface area contributed by atoms with Crippen molar-refractivity contribution in [2.45, 2.75) is 12.5 Å². The summed E-state index contributed by atoms with van der Waals surface area (Å²) < 4.78 is 4.75. The van der Waals surface area contributed by atoms with Crippen molar-refractivity contribution in [3.05, 3.63) is 35.9 Å². The first-order chi connectivity index (χ1) is 7.08. The number of hydrazine groups is 1. The Kier molecular flexibility index (Phi) is 3.75. The van der Waals surface area contributed by atoms with Crippen molar-refractivity contribution in [2.75, 3.05) is 0 Å². The highest BCUT2D eigenvalue weighted by molar-refractivity contribution is 5.74. The molecule has 0 aliphatic rings. The fourth-order valence-corrected chi connectivity index (χ4v) is 0.927. The monoisotopic (exact) mass is 212 g/mol. The molecular formula is C9H12N2O4. The van der Waals surface area contributed by atoms with Gasteiger partial charge in [0.25, 0.3) is 0 Å². The first kappa shape index (κ1) is 11.6. The molecule has 6 heteroatoms. The fraction of sp³-hybridized carbons (Fsp3) is 0.222. The van der Waals surface area contributed by atoms with Crippen LogP contribution in [0.2, 0.25) is 0 Å².